The Morgan fingerprint density at radius 1 is 1.21 bits per heavy atom. The molecule has 6 saturated carbocycles. The first-order valence-electron chi connectivity index (χ1n) is 5.38. The highest BCUT2D eigenvalue weighted by Gasteiger charge is 3.02. The standard InChI is InChI=1S/C11H10O3/c1-14-10(13)11-6-3-2-4(6)8(11)5(7(3)11)9(2)12/h2-8H,1H3/t2?,3-,4-,5?,6?,7+,8+,11?/m1/s1. The third kappa shape index (κ3) is 0.270. The van der Waals surface area contributed by atoms with Crippen LogP contribution in [0.15, 0.2) is 0 Å². The van der Waals surface area contributed by atoms with Crippen LogP contribution in [0.4, 0.5) is 0 Å². The van der Waals surface area contributed by atoms with Crippen molar-refractivity contribution in [3.05, 3.63) is 0 Å². The van der Waals surface area contributed by atoms with Gasteiger partial charge in [-0.05, 0) is 29.6 Å². The topological polar surface area (TPSA) is 43.4 Å². The summed E-state index contributed by atoms with van der Waals surface area (Å²) >= 11 is 0. The Morgan fingerprint density at radius 2 is 1.86 bits per heavy atom. The molecule has 0 heterocycles. The number of hydrogen-bond donors (Lipinski definition) is 0. The van der Waals surface area contributed by atoms with Gasteiger partial charge in [-0.15, -0.1) is 0 Å². The summed E-state index contributed by atoms with van der Waals surface area (Å²) < 4.78 is 4.90. The van der Waals surface area contributed by atoms with Gasteiger partial charge in [0.2, 0.25) is 0 Å². The van der Waals surface area contributed by atoms with Gasteiger partial charge in [0.15, 0.2) is 0 Å². The SMILES string of the molecule is COC(=O)C12C3[C@H]4C5C(=O)C([C@H]41)[C@@H]2[C@H]53. The number of carbonyl (C=O) groups is 2. The third-order valence-electron chi connectivity index (χ3n) is 6.11. The van der Waals surface area contributed by atoms with Crippen LogP contribution in [0.1, 0.15) is 0 Å². The molecule has 6 aliphatic carbocycles. The van der Waals surface area contributed by atoms with Crippen molar-refractivity contribution in [1.29, 1.82) is 0 Å². The molecule has 4 atom stereocenters. The van der Waals surface area contributed by atoms with E-state index >= 15 is 0 Å². The van der Waals surface area contributed by atoms with Gasteiger partial charge in [-0.2, -0.15) is 0 Å². The maximum atomic E-state index is 11.8. The number of carbonyl (C=O) groups excluding carboxylic acids is 2. The molecule has 0 unspecified atom stereocenters. The Balaban J connectivity index is 1.69. The molecule has 3 heteroatoms. The van der Waals surface area contributed by atoms with Crippen LogP contribution in [0.2, 0.25) is 0 Å². The van der Waals surface area contributed by atoms with Crippen LogP contribution in [-0.2, 0) is 14.3 Å². The number of methoxy groups -OCH3 is 1. The molecule has 6 rings (SSSR count). The number of ketones is 1. The van der Waals surface area contributed by atoms with Crippen molar-refractivity contribution in [2.45, 2.75) is 0 Å². The second-order valence-corrected chi connectivity index (χ2v) is 5.61. The van der Waals surface area contributed by atoms with Gasteiger partial charge in [0.05, 0.1) is 12.5 Å². The molecule has 0 aliphatic heterocycles. The second kappa shape index (κ2) is 1.37. The molecule has 0 amide bonds. The highest BCUT2D eigenvalue weighted by atomic mass is 16.5. The van der Waals surface area contributed by atoms with Crippen LogP contribution in [0.25, 0.3) is 0 Å². The molecular weight excluding hydrogens is 180 g/mol. The molecule has 72 valence electrons. The Bertz CT molecular complexity index is 406. The van der Waals surface area contributed by atoms with Gasteiger partial charge in [0, 0.05) is 11.8 Å². The first-order valence-corrected chi connectivity index (χ1v) is 5.38. The number of esters is 1. The number of rotatable bonds is 1. The van der Waals surface area contributed by atoms with Gasteiger partial charge in [-0.3, -0.25) is 9.59 Å². The molecule has 3 nitrogen and oxygen atoms in total. The van der Waals surface area contributed by atoms with Crippen molar-refractivity contribution in [2.24, 2.45) is 46.8 Å². The van der Waals surface area contributed by atoms with E-state index in [0.717, 1.165) is 0 Å². The van der Waals surface area contributed by atoms with Gasteiger partial charge in [-0.1, -0.05) is 0 Å². The lowest BCUT2D eigenvalue weighted by molar-refractivity contribution is -0.430. The van der Waals surface area contributed by atoms with Crippen LogP contribution in [-0.4, -0.2) is 18.9 Å². The normalized spacial score (nSPS) is 72.6. The number of ether oxygens (including phenoxy) is 1. The first kappa shape index (κ1) is 6.59. The maximum Gasteiger partial charge on any atom is 0.312 e. The molecule has 0 N–H and O–H groups in total. The van der Waals surface area contributed by atoms with E-state index in [4.69, 9.17) is 4.74 Å². The lowest BCUT2D eigenvalue weighted by atomic mass is 9.13. The Morgan fingerprint density at radius 3 is 2.36 bits per heavy atom. The maximum absolute atomic E-state index is 11.8. The second-order valence-electron chi connectivity index (χ2n) is 5.61. The molecule has 14 heavy (non-hydrogen) atoms. The van der Waals surface area contributed by atoms with Gasteiger partial charge in [0.25, 0.3) is 0 Å². The van der Waals surface area contributed by atoms with E-state index in [1.165, 1.54) is 7.11 Å². The lowest BCUT2D eigenvalue weighted by Gasteiger charge is -2.88. The van der Waals surface area contributed by atoms with Gasteiger partial charge in [0.1, 0.15) is 5.78 Å². The summed E-state index contributed by atoms with van der Waals surface area (Å²) in [4.78, 5) is 23.5. The summed E-state index contributed by atoms with van der Waals surface area (Å²) in [6.45, 7) is 0. The molecule has 0 aromatic heterocycles. The minimum atomic E-state index is -0.141. The molecule has 6 aliphatic rings. The average molecular weight is 190 g/mol. The molecule has 0 radical (unpaired) electrons. The summed E-state index contributed by atoms with van der Waals surface area (Å²) in [5.41, 5.74) is -0.141. The highest BCUT2D eigenvalue weighted by molar-refractivity contribution is 6.02. The highest BCUT2D eigenvalue weighted by Crippen LogP contribution is 2.98. The van der Waals surface area contributed by atoms with Gasteiger partial charge < -0.3 is 4.74 Å². The molecule has 0 saturated heterocycles. The fourth-order valence-corrected chi connectivity index (χ4v) is 6.13. The predicted molar refractivity (Wildman–Crippen MR) is 43.9 cm³/mol. The van der Waals surface area contributed by atoms with Crippen molar-refractivity contribution >= 4 is 11.8 Å². The fourth-order valence-electron chi connectivity index (χ4n) is 6.13. The summed E-state index contributed by atoms with van der Waals surface area (Å²) in [5.74, 6) is 3.70. The summed E-state index contributed by atoms with van der Waals surface area (Å²) in [6, 6.07) is 0. The van der Waals surface area contributed by atoms with Crippen molar-refractivity contribution in [1.82, 2.24) is 0 Å². The van der Waals surface area contributed by atoms with Crippen LogP contribution >= 0.6 is 0 Å². The molecule has 6 fully saturated rings. The van der Waals surface area contributed by atoms with E-state index in [2.05, 4.69) is 0 Å². The minimum absolute atomic E-state index is 0.0191. The zero-order valence-electron chi connectivity index (χ0n) is 7.77. The molecule has 0 aromatic rings. The molecule has 0 spiro atoms. The molecule has 0 aromatic carbocycles. The number of hydrogen-bond acceptors (Lipinski definition) is 3. The van der Waals surface area contributed by atoms with Crippen LogP contribution in [0.5, 0.6) is 0 Å². The van der Waals surface area contributed by atoms with Crippen molar-refractivity contribution < 1.29 is 14.3 Å². The Labute approximate surface area is 80.8 Å². The van der Waals surface area contributed by atoms with Crippen LogP contribution in [0.3, 0.4) is 0 Å². The van der Waals surface area contributed by atoms with Crippen molar-refractivity contribution in [3.63, 3.8) is 0 Å². The van der Waals surface area contributed by atoms with E-state index in [-0.39, 0.29) is 17.3 Å². The fraction of sp³-hybridized carbons (Fsp3) is 0.818. The Kier molecular flexibility index (Phi) is 0.646. The number of Topliss-reactive ketones (excluding diaryl/α,β-unsaturated/α-hetero) is 1. The quantitative estimate of drug-likeness (QED) is 0.551. The predicted octanol–water partition coefficient (Wildman–Crippen LogP) is 0.0963. The van der Waals surface area contributed by atoms with E-state index in [1.54, 1.807) is 0 Å². The van der Waals surface area contributed by atoms with Crippen molar-refractivity contribution in [2.75, 3.05) is 7.11 Å². The zero-order valence-corrected chi connectivity index (χ0v) is 7.77. The van der Waals surface area contributed by atoms with E-state index in [1.807, 2.05) is 0 Å². The summed E-state index contributed by atoms with van der Waals surface area (Å²) in [5, 5.41) is 0. The third-order valence-corrected chi connectivity index (χ3v) is 6.11. The van der Waals surface area contributed by atoms with Crippen LogP contribution < -0.4 is 0 Å². The monoisotopic (exact) mass is 190 g/mol. The Hall–Kier alpha value is -0.860. The van der Waals surface area contributed by atoms with Gasteiger partial charge in [-0.25, -0.2) is 0 Å². The van der Waals surface area contributed by atoms with E-state index in [9.17, 15) is 9.59 Å². The smallest absolute Gasteiger partial charge is 0.312 e. The van der Waals surface area contributed by atoms with Gasteiger partial charge >= 0.3 is 5.97 Å². The van der Waals surface area contributed by atoms with E-state index < -0.39 is 0 Å². The molecular formula is C11H10O3. The van der Waals surface area contributed by atoms with E-state index in [0.29, 0.717) is 41.3 Å². The minimum Gasteiger partial charge on any atom is -0.469 e. The summed E-state index contributed by atoms with van der Waals surface area (Å²) in [6.07, 6.45) is 0. The van der Waals surface area contributed by atoms with Crippen LogP contribution in [0, 0.1) is 46.8 Å². The molecule has 2 bridgehead atoms. The van der Waals surface area contributed by atoms with Crippen molar-refractivity contribution in [3.8, 4) is 0 Å². The largest absolute Gasteiger partial charge is 0.469 e. The average Bonchev–Trinajstić information content (AvgIpc) is 2.41. The zero-order chi connectivity index (χ0) is 9.40. The summed E-state index contributed by atoms with van der Waals surface area (Å²) in [7, 11) is 1.47. The first-order chi connectivity index (χ1) is 6.76. The lowest BCUT2D eigenvalue weighted by Crippen LogP contribution is -2.90.